The molecule has 0 aromatic heterocycles. The lowest BCUT2D eigenvalue weighted by atomic mass is 9.64. The summed E-state index contributed by atoms with van der Waals surface area (Å²) in [4.78, 5) is 24.7. The van der Waals surface area contributed by atoms with Crippen LogP contribution in [0.4, 0.5) is 0 Å². The number of aryl methyl sites for hydroxylation is 1. The molecule has 2 aromatic rings. The second-order valence-electron chi connectivity index (χ2n) is 6.12. The van der Waals surface area contributed by atoms with Crippen LogP contribution in [0.2, 0.25) is 0 Å². The summed E-state index contributed by atoms with van der Waals surface area (Å²) in [5.74, 6) is 0.667. The number of hydrogen-bond acceptors (Lipinski definition) is 2. The lowest BCUT2D eigenvalue weighted by molar-refractivity contribution is 0.0884. The molecule has 4 rings (SSSR count). The Hall–Kier alpha value is -2.22. The standard InChI is InChI=1S/C19H16O2/c1-11-5-4-8-15-17(21)10-12-9-16(20)13-6-2-3-7-14(13)19(12)18(11)15/h2-8,12,19H,9-10H2,1H3/t12-,19-/m0/s1. The maximum atomic E-state index is 12.4. The van der Waals surface area contributed by atoms with Crippen LogP contribution in [0.3, 0.4) is 0 Å². The Morgan fingerprint density at radius 1 is 0.857 bits per heavy atom. The van der Waals surface area contributed by atoms with Crippen molar-refractivity contribution in [3.8, 4) is 0 Å². The van der Waals surface area contributed by atoms with Gasteiger partial charge in [0.15, 0.2) is 11.6 Å². The summed E-state index contributed by atoms with van der Waals surface area (Å²) < 4.78 is 0. The molecule has 2 nitrogen and oxygen atoms in total. The van der Waals surface area contributed by atoms with Gasteiger partial charge in [0.05, 0.1) is 0 Å². The van der Waals surface area contributed by atoms with Crippen LogP contribution < -0.4 is 0 Å². The molecule has 2 atom stereocenters. The van der Waals surface area contributed by atoms with Crippen molar-refractivity contribution in [2.45, 2.75) is 25.7 Å². The minimum atomic E-state index is 0.119. The van der Waals surface area contributed by atoms with E-state index in [1.54, 1.807) is 0 Å². The van der Waals surface area contributed by atoms with Crippen LogP contribution in [0.1, 0.15) is 56.2 Å². The zero-order valence-corrected chi connectivity index (χ0v) is 11.9. The quantitative estimate of drug-likeness (QED) is 0.731. The summed E-state index contributed by atoms with van der Waals surface area (Å²) >= 11 is 0. The summed E-state index contributed by atoms with van der Waals surface area (Å²) in [7, 11) is 0. The number of Topliss-reactive ketones (excluding diaryl/α,β-unsaturated/α-hetero) is 2. The fourth-order valence-corrected chi connectivity index (χ4v) is 4.01. The fourth-order valence-electron chi connectivity index (χ4n) is 4.01. The molecular formula is C19H16O2. The Kier molecular flexibility index (Phi) is 2.61. The van der Waals surface area contributed by atoms with Gasteiger partial charge < -0.3 is 0 Å². The van der Waals surface area contributed by atoms with Gasteiger partial charge in [0.25, 0.3) is 0 Å². The molecule has 0 N–H and O–H groups in total. The Morgan fingerprint density at radius 3 is 2.33 bits per heavy atom. The normalized spacial score (nSPS) is 23.3. The van der Waals surface area contributed by atoms with Crippen LogP contribution in [0.5, 0.6) is 0 Å². The highest BCUT2D eigenvalue weighted by molar-refractivity contribution is 6.04. The number of benzene rings is 2. The van der Waals surface area contributed by atoms with E-state index in [4.69, 9.17) is 0 Å². The van der Waals surface area contributed by atoms with Gasteiger partial charge in [0, 0.05) is 29.9 Å². The second kappa shape index (κ2) is 4.39. The van der Waals surface area contributed by atoms with Crippen LogP contribution in [0.15, 0.2) is 42.5 Å². The molecule has 21 heavy (non-hydrogen) atoms. The summed E-state index contributed by atoms with van der Waals surface area (Å²) in [5, 5.41) is 0. The van der Waals surface area contributed by atoms with Crippen molar-refractivity contribution in [3.63, 3.8) is 0 Å². The predicted octanol–water partition coefficient (Wildman–Crippen LogP) is 3.92. The second-order valence-corrected chi connectivity index (χ2v) is 6.12. The van der Waals surface area contributed by atoms with Crippen molar-refractivity contribution in [2.24, 2.45) is 5.92 Å². The minimum Gasteiger partial charge on any atom is -0.294 e. The monoisotopic (exact) mass is 276 g/mol. The third-order valence-electron chi connectivity index (χ3n) is 4.90. The first-order valence-electron chi connectivity index (χ1n) is 7.41. The molecule has 0 amide bonds. The molecule has 0 fully saturated rings. The van der Waals surface area contributed by atoms with Gasteiger partial charge in [0.2, 0.25) is 0 Å². The van der Waals surface area contributed by atoms with E-state index in [9.17, 15) is 9.59 Å². The summed E-state index contributed by atoms with van der Waals surface area (Å²) in [6.07, 6.45) is 0.975. The van der Waals surface area contributed by atoms with Crippen molar-refractivity contribution in [2.75, 3.05) is 0 Å². The molecule has 2 aliphatic rings. The average molecular weight is 276 g/mol. The van der Waals surface area contributed by atoms with Crippen LogP contribution in [-0.2, 0) is 0 Å². The smallest absolute Gasteiger partial charge is 0.163 e. The van der Waals surface area contributed by atoms with Crippen LogP contribution in [-0.4, -0.2) is 11.6 Å². The minimum absolute atomic E-state index is 0.119. The number of ketones is 2. The van der Waals surface area contributed by atoms with E-state index in [1.165, 1.54) is 0 Å². The highest BCUT2D eigenvalue weighted by Crippen LogP contribution is 2.47. The molecular weight excluding hydrogens is 260 g/mol. The number of carbonyl (C=O) groups is 2. The summed E-state index contributed by atoms with van der Waals surface area (Å²) in [6.45, 7) is 2.06. The van der Waals surface area contributed by atoms with E-state index in [0.29, 0.717) is 12.8 Å². The lowest BCUT2D eigenvalue weighted by Gasteiger charge is -2.38. The SMILES string of the molecule is Cc1cccc2c1[C@@H]1c3ccccc3C(=O)C[C@H]1CC2=O. The maximum absolute atomic E-state index is 12.4. The fraction of sp³-hybridized carbons (Fsp3) is 0.263. The number of hydrogen-bond donors (Lipinski definition) is 0. The largest absolute Gasteiger partial charge is 0.294 e. The van der Waals surface area contributed by atoms with Gasteiger partial charge in [-0.15, -0.1) is 0 Å². The van der Waals surface area contributed by atoms with Gasteiger partial charge in [-0.05, 0) is 29.5 Å². The number of carbonyl (C=O) groups excluding carboxylic acids is 2. The van der Waals surface area contributed by atoms with E-state index in [2.05, 4.69) is 19.1 Å². The molecule has 0 saturated carbocycles. The molecule has 2 aromatic carbocycles. The zero-order valence-electron chi connectivity index (χ0n) is 11.9. The highest BCUT2D eigenvalue weighted by atomic mass is 16.1. The van der Waals surface area contributed by atoms with Crippen LogP contribution in [0, 0.1) is 12.8 Å². The third kappa shape index (κ3) is 1.72. The molecule has 104 valence electrons. The molecule has 0 saturated heterocycles. The first kappa shape index (κ1) is 12.5. The molecule has 0 heterocycles. The van der Waals surface area contributed by atoms with Crippen molar-refractivity contribution in [3.05, 3.63) is 70.3 Å². The Labute approximate surface area is 123 Å². The van der Waals surface area contributed by atoms with E-state index in [-0.39, 0.29) is 23.4 Å². The van der Waals surface area contributed by atoms with Crippen LogP contribution in [0.25, 0.3) is 0 Å². The Balaban J connectivity index is 2.01. The van der Waals surface area contributed by atoms with Crippen molar-refractivity contribution in [1.82, 2.24) is 0 Å². The molecule has 2 aliphatic carbocycles. The predicted molar refractivity (Wildman–Crippen MR) is 80.8 cm³/mol. The van der Waals surface area contributed by atoms with E-state index >= 15 is 0 Å². The van der Waals surface area contributed by atoms with Crippen molar-refractivity contribution >= 4 is 11.6 Å². The topological polar surface area (TPSA) is 34.1 Å². The zero-order chi connectivity index (χ0) is 14.6. The lowest BCUT2D eigenvalue weighted by Crippen LogP contribution is -2.33. The molecule has 0 aliphatic heterocycles. The van der Waals surface area contributed by atoms with Crippen LogP contribution >= 0.6 is 0 Å². The Bertz CT molecular complexity index is 773. The number of fused-ring (bicyclic) bond motifs is 5. The molecule has 2 heteroatoms. The van der Waals surface area contributed by atoms with Gasteiger partial charge in [-0.3, -0.25) is 9.59 Å². The van der Waals surface area contributed by atoms with Gasteiger partial charge in [0.1, 0.15) is 0 Å². The first-order chi connectivity index (χ1) is 10.2. The van der Waals surface area contributed by atoms with Gasteiger partial charge >= 0.3 is 0 Å². The molecule has 0 radical (unpaired) electrons. The Morgan fingerprint density at radius 2 is 1.52 bits per heavy atom. The van der Waals surface area contributed by atoms with E-state index < -0.39 is 0 Å². The van der Waals surface area contributed by atoms with Gasteiger partial charge in [-0.2, -0.15) is 0 Å². The van der Waals surface area contributed by atoms with Gasteiger partial charge in [-0.25, -0.2) is 0 Å². The van der Waals surface area contributed by atoms with Crippen molar-refractivity contribution in [1.29, 1.82) is 0 Å². The summed E-state index contributed by atoms with van der Waals surface area (Å²) in [5.41, 5.74) is 5.07. The highest BCUT2D eigenvalue weighted by Gasteiger charge is 2.41. The summed E-state index contributed by atoms with van der Waals surface area (Å²) in [6, 6.07) is 13.8. The first-order valence-corrected chi connectivity index (χ1v) is 7.41. The third-order valence-corrected chi connectivity index (χ3v) is 4.90. The van der Waals surface area contributed by atoms with Gasteiger partial charge in [-0.1, -0.05) is 42.5 Å². The molecule has 0 bridgehead atoms. The average Bonchev–Trinajstić information content (AvgIpc) is 2.48. The van der Waals surface area contributed by atoms with Crippen molar-refractivity contribution < 1.29 is 9.59 Å². The molecule has 0 spiro atoms. The number of rotatable bonds is 0. The maximum Gasteiger partial charge on any atom is 0.163 e. The van der Waals surface area contributed by atoms with E-state index in [1.807, 2.05) is 30.3 Å². The van der Waals surface area contributed by atoms with E-state index in [0.717, 1.165) is 27.8 Å². The molecule has 0 unspecified atom stereocenters.